The van der Waals surface area contributed by atoms with Crippen molar-refractivity contribution in [3.63, 3.8) is 0 Å². The highest BCUT2D eigenvalue weighted by Crippen LogP contribution is 2.33. The summed E-state index contributed by atoms with van der Waals surface area (Å²) in [5, 5.41) is 2.01. The number of hydrogen-bond acceptors (Lipinski definition) is 3. The third-order valence-electron chi connectivity index (χ3n) is 4.27. The molecule has 4 nitrogen and oxygen atoms in total. The Morgan fingerprint density at radius 1 is 1.26 bits per heavy atom. The van der Waals surface area contributed by atoms with Crippen LogP contribution in [0.2, 0.25) is 0 Å². The van der Waals surface area contributed by atoms with Crippen LogP contribution in [0.4, 0.5) is 0 Å². The van der Waals surface area contributed by atoms with Crippen molar-refractivity contribution in [3.8, 4) is 0 Å². The first-order valence-electron chi connectivity index (χ1n) is 7.72. The fourth-order valence-corrected chi connectivity index (χ4v) is 3.88. The summed E-state index contributed by atoms with van der Waals surface area (Å²) in [6.45, 7) is 0.721. The Morgan fingerprint density at radius 2 is 2.13 bits per heavy atom. The maximum Gasteiger partial charge on any atom is 0.228 e. The molecular formula is C18H17N3OS. The molecule has 1 aliphatic heterocycles. The molecule has 116 valence electrons. The summed E-state index contributed by atoms with van der Waals surface area (Å²) < 4.78 is 0. The third kappa shape index (κ3) is 2.68. The van der Waals surface area contributed by atoms with Crippen LogP contribution >= 0.6 is 11.3 Å². The van der Waals surface area contributed by atoms with Crippen molar-refractivity contribution in [3.05, 3.63) is 76.0 Å². The molecule has 0 radical (unpaired) electrons. The smallest absolute Gasteiger partial charge is 0.228 e. The molecule has 0 aliphatic carbocycles. The second kappa shape index (κ2) is 6.01. The van der Waals surface area contributed by atoms with E-state index in [-0.39, 0.29) is 11.9 Å². The fraction of sp³-hybridized carbons (Fsp3) is 0.222. The summed E-state index contributed by atoms with van der Waals surface area (Å²) in [7, 11) is 0. The quantitative estimate of drug-likeness (QED) is 0.805. The van der Waals surface area contributed by atoms with Crippen LogP contribution in [0, 0.1) is 0 Å². The number of thiophene rings is 1. The minimum Gasteiger partial charge on any atom is -0.348 e. The number of amides is 1. The van der Waals surface area contributed by atoms with Gasteiger partial charge in [0.15, 0.2) is 0 Å². The van der Waals surface area contributed by atoms with Gasteiger partial charge < -0.3 is 9.88 Å². The van der Waals surface area contributed by atoms with Crippen molar-refractivity contribution in [2.24, 2.45) is 0 Å². The van der Waals surface area contributed by atoms with Crippen LogP contribution in [0.15, 0.2) is 54.2 Å². The number of hydrogen-bond donors (Lipinski definition) is 1. The van der Waals surface area contributed by atoms with Crippen LogP contribution < -0.4 is 0 Å². The van der Waals surface area contributed by atoms with Crippen molar-refractivity contribution in [2.45, 2.75) is 18.9 Å². The van der Waals surface area contributed by atoms with E-state index in [1.54, 1.807) is 17.7 Å². The van der Waals surface area contributed by atoms with Crippen LogP contribution in [0.5, 0.6) is 0 Å². The van der Waals surface area contributed by atoms with Crippen LogP contribution in [0.25, 0.3) is 0 Å². The van der Waals surface area contributed by atoms with E-state index in [2.05, 4.69) is 22.1 Å². The van der Waals surface area contributed by atoms with Gasteiger partial charge in [0.1, 0.15) is 6.04 Å². The minimum atomic E-state index is -0.0985. The van der Waals surface area contributed by atoms with Gasteiger partial charge in [-0.15, -0.1) is 11.3 Å². The zero-order chi connectivity index (χ0) is 15.6. The van der Waals surface area contributed by atoms with Crippen molar-refractivity contribution >= 4 is 17.2 Å². The molecule has 0 fully saturated rings. The van der Waals surface area contributed by atoms with Gasteiger partial charge in [-0.2, -0.15) is 0 Å². The van der Waals surface area contributed by atoms with Crippen LogP contribution in [0.1, 0.15) is 27.9 Å². The Labute approximate surface area is 138 Å². The van der Waals surface area contributed by atoms with E-state index in [9.17, 15) is 4.79 Å². The summed E-state index contributed by atoms with van der Waals surface area (Å²) in [6.07, 6.45) is 3.02. The number of H-pyrrole nitrogens is 1. The van der Waals surface area contributed by atoms with Gasteiger partial charge in [-0.3, -0.25) is 4.79 Å². The topological polar surface area (TPSA) is 49.0 Å². The first-order valence-corrected chi connectivity index (χ1v) is 8.60. The lowest BCUT2D eigenvalue weighted by atomic mass is 9.95. The first kappa shape index (κ1) is 14.2. The number of aromatic amines is 1. The molecule has 3 heterocycles. The summed E-state index contributed by atoms with van der Waals surface area (Å²) >= 11 is 1.63. The Hall–Kier alpha value is -2.40. The molecule has 23 heavy (non-hydrogen) atoms. The largest absolute Gasteiger partial charge is 0.348 e. The number of fused-ring (bicyclic) bond motifs is 1. The fourth-order valence-electron chi connectivity index (χ4n) is 3.18. The molecule has 0 bridgehead atoms. The van der Waals surface area contributed by atoms with Gasteiger partial charge in [-0.05, 0) is 17.0 Å². The Balaban J connectivity index is 1.69. The second-order valence-corrected chi connectivity index (χ2v) is 6.71. The van der Waals surface area contributed by atoms with E-state index in [0.717, 1.165) is 34.8 Å². The van der Waals surface area contributed by atoms with Gasteiger partial charge >= 0.3 is 0 Å². The van der Waals surface area contributed by atoms with Crippen molar-refractivity contribution in [1.82, 2.24) is 14.9 Å². The number of nitrogens with zero attached hydrogens (tertiary/aromatic N) is 2. The highest BCUT2D eigenvalue weighted by Gasteiger charge is 2.33. The van der Waals surface area contributed by atoms with Gasteiger partial charge in [0.25, 0.3) is 0 Å². The molecule has 4 rings (SSSR count). The van der Waals surface area contributed by atoms with Gasteiger partial charge in [0, 0.05) is 23.5 Å². The second-order valence-electron chi connectivity index (χ2n) is 5.67. The molecule has 0 unspecified atom stereocenters. The lowest BCUT2D eigenvalue weighted by molar-refractivity contribution is -0.132. The number of benzene rings is 1. The Bertz CT molecular complexity index is 795. The van der Waals surface area contributed by atoms with E-state index in [1.807, 2.05) is 40.6 Å². The lowest BCUT2D eigenvalue weighted by Gasteiger charge is -2.35. The minimum absolute atomic E-state index is 0.0985. The van der Waals surface area contributed by atoms with E-state index in [1.165, 1.54) is 0 Å². The van der Waals surface area contributed by atoms with Crippen LogP contribution in [-0.2, 0) is 17.6 Å². The molecule has 1 aliphatic rings. The molecule has 0 saturated heterocycles. The molecule has 5 heteroatoms. The predicted octanol–water partition coefficient (Wildman–Crippen LogP) is 3.19. The van der Waals surface area contributed by atoms with Gasteiger partial charge in [-0.25, -0.2) is 4.98 Å². The number of carbonyl (C=O) groups is 1. The molecule has 1 amide bonds. The Kier molecular flexibility index (Phi) is 3.71. The maximum absolute atomic E-state index is 12.9. The SMILES string of the molecule is O=C(Cc1cccs1)N1CCc2[nH]cnc2[C@H]1c1ccccc1. The van der Waals surface area contributed by atoms with Crippen molar-refractivity contribution in [2.75, 3.05) is 6.54 Å². The summed E-state index contributed by atoms with van der Waals surface area (Å²) in [4.78, 5) is 23.7. The summed E-state index contributed by atoms with van der Waals surface area (Å²) in [6, 6.07) is 14.1. The Morgan fingerprint density at radius 3 is 2.91 bits per heavy atom. The number of nitrogens with one attached hydrogen (secondary N) is 1. The van der Waals surface area contributed by atoms with Gasteiger partial charge in [0.2, 0.25) is 5.91 Å². The molecule has 0 saturated carbocycles. The van der Waals surface area contributed by atoms with E-state index in [0.29, 0.717) is 6.42 Å². The first-order chi connectivity index (χ1) is 11.3. The normalized spacial score (nSPS) is 17.0. The highest BCUT2D eigenvalue weighted by atomic mass is 32.1. The average Bonchev–Trinajstić information content (AvgIpc) is 3.25. The molecule has 1 atom stereocenters. The summed E-state index contributed by atoms with van der Waals surface area (Å²) in [5.74, 6) is 0.162. The number of imidazole rings is 1. The molecule has 0 spiro atoms. The maximum atomic E-state index is 12.9. The standard InChI is InChI=1S/C18H17N3OS/c22-16(11-14-7-4-10-23-14)21-9-8-15-17(20-12-19-15)18(21)13-5-2-1-3-6-13/h1-7,10,12,18H,8-9,11H2,(H,19,20)/t18-/m1/s1. The van der Waals surface area contributed by atoms with Crippen LogP contribution in [0.3, 0.4) is 0 Å². The van der Waals surface area contributed by atoms with Crippen LogP contribution in [-0.4, -0.2) is 27.3 Å². The summed E-state index contributed by atoms with van der Waals surface area (Å²) in [5.41, 5.74) is 3.22. The predicted molar refractivity (Wildman–Crippen MR) is 90.3 cm³/mol. The molecule has 2 aromatic heterocycles. The van der Waals surface area contributed by atoms with Gasteiger partial charge in [-0.1, -0.05) is 36.4 Å². The zero-order valence-electron chi connectivity index (χ0n) is 12.6. The molecule has 3 aromatic rings. The lowest BCUT2D eigenvalue weighted by Crippen LogP contribution is -2.41. The molecular weight excluding hydrogens is 306 g/mol. The van der Waals surface area contributed by atoms with Crippen molar-refractivity contribution in [1.29, 1.82) is 0 Å². The molecule has 1 N–H and O–H groups in total. The number of carbonyl (C=O) groups excluding carboxylic acids is 1. The van der Waals surface area contributed by atoms with Gasteiger partial charge in [0.05, 0.1) is 18.4 Å². The number of aromatic nitrogens is 2. The van der Waals surface area contributed by atoms with Crippen molar-refractivity contribution < 1.29 is 4.79 Å². The number of rotatable bonds is 3. The third-order valence-corrected chi connectivity index (χ3v) is 5.14. The van der Waals surface area contributed by atoms with E-state index in [4.69, 9.17) is 0 Å². The average molecular weight is 323 g/mol. The van der Waals surface area contributed by atoms with E-state index >= 15 is 0 Å². The molecule has 1 aromatic carbocycles. The van der Waals surface area contributed by atoms with E-state index < -0.39 is 0 Å². The highest BCUT2D eigenvalue weighted by molar-refractivity contribution is 7.10. The zero-order valence-corrected chi connectivity index (χ0v) is 13.4. The monoisotopic (exact) mass is 323 g/mol.